The summed E-state index contributed by atoms with van der Waals surface area (Å²) in [6, 6.07) is 20.7. The zero-order valence-corrected chi connectivity index (χ0v) is 17.8. The first-order valence-corrected chi connectivity index (χ1v) is 10.1. The number of tetrazole rings is 1. The lowest BCUT2D eigenvalue weighted by Gasteiger charge is -2.03. The number of halogens is 1. The highest BCUT2D eigenvalue weighted by molar-refractivity contribution is 6.32. The molecular formula is C22H16ClN7O3. The normalized spacial score (nSPS) is 10.9. The van der Waals surface area contributed by atoms with Gasteiger partial charge in [-0.05, 0) is 29.0 Å². The summed E-state index contributed by atoms with van der Waals surface area (Å²) < 4.78 is 0. The van der Waals surface area contributed by atoms with Crippen molar-refractivity contribution >= 4 is 29.4 Å². The number of nitrogens with zero attached hydrogens (tertiary/aromatic N) is 6. The molecule has 1 N–H and O–H groups in total. The van der Waals surface area contributed by atoms with Gasteiger partial charge in [0.25, 0.3) is 11.6 Å². The van der Waals surface area contributed by atoms with Crippen molar-refractivity contribution in [2.45, 2.75) is 6.54 Å². The highest BCUT2D eigenvalue weighted by atomic mass is 35.5. The molecule has 11 heteroatoms. The summed E-state index contributed by atoms with van der Waals surface area (Å²) in [4.78, 5) is 24.1. The van der Waals surface area contributed by atoms with E-state index >= 15 is 0 Å². The fourth-order valence-electron chi connectivity index (χ4n) is 2.92. The second-order valence-electron chi connectivity index (χ2n) is 6.87. The zero-order valence-electron chi connectivity index (χ0n) is 17.0. The molecule has 0 aliphatic heterocycles. The predicted molar refractivity (Wildman–Crippen MR) is 122 cm³/mol. The number of rotatable bonds is 7. The minimum Gasteiger partial charge on any atom is -0.267 e. The van der Waals surface area contributed by atoms with Gasteiger partial charge < -0.3 is 0 Å². The van der Waals surface area contributed by atoms with Crippen molar-refractivity contribution in [2.24, 2.45) is 5.10 Å². The summed E-state index contributed by atoms with van der Waals surface area (Å²) in [5, 5.41) is 27.3. The van der Waals surface area contributed by atoms with Gasteiger partial charge in [0.05, 0.1) is 17.7 Å². The number of carbonyl (C=O) groups excluding carboxylic acids is 1. The van der Waals surface area contributed by atoms with E-state index in [1.807, 2.05) is 30.3 Å². The van der Waals surface area contributed by atoms with Crippen LogP contribution in [0.2, 0.25) is 5.02 Å². The van der Waals surface area contributed by atoms with E-state index < -0.39 is 10.8 Å². The molecule has 10 nitrogen and oxygen atoms in total. The standard InChI is InChI=1S/C22H16ClN7O3/c23-19-11-8-16(12-20(19)30(32)33)13-24-26-22(31)18-9-6-15(7-10-18)14-29-27-21(25-28-29)17-4-2-1-3-5-17/h1-13H,14H2,(H,26,31)/b24-13+. The summed E-state index contributed by atoms with van der Waals surface area (Å²) >= 11 is 5.78. The van der Waals surface area contributed by atoms with Crippen LogP contribution in [0, 0.1) is 10.1 Å². The Morgan fingerprint density at radius 2 is 1.88 bits per heavy atom. The van der Waals surface area contributed by atoms with Crippen molar-refractivity contribution < 1.29 is 9.72 Å². The van der Waals surface area contributed by atoms with Crippen molar-refractivity contribution in [3.63, 3.8) is 0 Å². The molecule has 0 aliphatic carbocycles. The van der Waals surface area contributed by atoms with E-state index in [0.29, 0.717) is 23.5 Å². The molecule has 0 spiro atoms. The summed E-state index contributed by atoms with van der Waals surface area (Å²) in [6.45, 7) is 0.398. The fraction of sp³-hybridized carbons (Fsp3) is 0.0455. The molecule has 0 unspecified atom stereocenters. The van der Waals surface area contributed by atoms with E-state index in [1.54, 1.807) is 30.3 Å². The number of amides is 1. The SMILES string of the molecule is O=C(N/N=C/c1ccc(Cl)c([N+](=O)[O-])c1)c1ccc(Cn2nnc(-c3ccccc3)n2)cc1. The minimum atomic E-state index is -0.586. The van der Waals surface area contributed by atoms with E-state index in [1.165, 1.54) is 23.1 Å². The van der Waals surface area contributed by atoms with Crippen molar-refractivity contribution in [3.05, 3.63) is 105 Å². The molecule has 0 atom stereocenters. The van der Waals surface area contributed by atoms with E-state index in [2.05, 4.69) is 25.9 Å². The van der Waals surface area contributed by atoms with Crippen LogP contribution in [0.3, 0.4) is 0 Å². The van der Waals surface area contributed by atoms with Gasteiger partial charge in [-0.15, -0.1) is 10.2 Å². The van der Waals surface area contributed by atoms with E-state index in [0.717, 1.165) is 11.1 Å². The number of nitro groups is 1. The fourth-order valence-corrected chi connectivity index (χ4v) is 3.10. The summed E-state index contributed by atoms with van der Waals surface area (Å²) in [6.07, 6.45) is 1.30. The average Bonchev–Trinajstić information content (AvgIpc) is 3.29. The predicted octanol–water partition coefficient (Wildman–Crippen LogP) is 3.71. The first-order valence-electron chi connectivity index (χ1n) is 9.69. The Labute approximate surface area is 192 Å². The van der Waals surface area contributed by atoms with Crippen molar-refractivity contribution in [1.29, 1.82) is 0 Å². The van der Waals surface area contributed by atoms with E-state index in [-0.39, 0.29) is 10.7 Å². The lowest BCUT2D eigenvalue weighted by molar-refractivity contribution is -0.384. The molecule has 1 aromatic heterocycles. The number of benzene rings is 3. The third-order valence-corrected chi connectivity index (χ3v) is 4.89. The first kappa shape index (κ1) is 21.8. The molecule has 1 amide bonds. The Kier molecular flexibility index (Phi) is 6.46. The van der Waals surface area contributed by atoms with Crippen molar-refractivity contribution in [2.75, 3.05) is 0 Å². The van der Waals surface area contributed by atoms with Gasteiger partial charge in [0.2, 0.25) is 5.82 Å². The van der Waals surface area contributed by atoms with Crippen LogP contribution < -0.4 is 5.43 Å². The van der Waals surface area contributed by atoms with Gasteiger partial charge in [-0.25, -0.2) is 5.43 Å². The van der Waals surface area contributed by atoms with Crippen LogP contribution in [0.25, 0.3) is 11.4 Å². The maximum Gasteiger partial charge on any atom is 0.288 e. The Hall–Kier alpha value is -4.44. The number of nitrogens with one attached hydrogen (secondary N) is 1. The molecular weight excluding hydrogens is 446 g/mol. The number of aromatic nitrogens is 4. The first-order chi connectivity index (χ1) is 16.0. The van der Waals surface area contributed by atoms with Crippen LogP contribution in [0.4, 0.5) is 5.69 Å². The average molecular weight is 462 g/mol. The molecule has 33 heavy (non-hydrogen) atoms. The van der Waals surface area contributed by atoms with Gasteiger partial charge in [-0.1, -0.05) is 60.1 Å². The topological polar surface area (TPSA) is 128 Å². The molecule has 0 aliphatic rings. The molecule has 4 aromatic rings. The molecule has 0 radical (unpaired) electrons. The largest absolute Gasteiger partial charge is 0.288 e. The minimum absolute atomic E-state index is 0.0265. The molecule has 3 aromatic carbocycles. The highest BCUT2D eigenvalue weighted by Gasteiger charge is 2.12. The van der Waals surface area contributed by atoms with Gasteiger partial charge in [0, 0.05) is 22.8 Å². The van der Waals surface area contributed by atoms with Gasteiger partial charge in [-0.2, -0.15) is 9.90 Å². The monoisotopic (exact) mass is 461 g/mol. The second kappa shape index (κ2) is 9.79. The van der Waals surface area contributed by atoms with Crippen molar-refractivity contribution in [1.82, 2.24) is 25.6 Å². The van der Waals surface area contributed by atoms with Crippen LogP contribution in [0.15, 0.2) is 77.9 Å². The zero-order chi connectivity index (χ0) is 23.2. The molecule has 0 saturated heterocycles. The molecule has 0 bridgehead atoms. The van der Waals surface area contributed by atoms with E-state index in [9.17, 15) is 14.9 Å². The highest BCUT2D eigenvalue weighted by Crippen LogP contribution is 2.24. The molecule has 164 valence electrons. The molecule has 4 rings (SSSR count). The molecule has 1 heterocycles. The number of carbonyl (C=O) groups is 1. The third kappa shape index (κ3) is 5.43. The number of hydrogen-bond donors (Lipinski definition) is 1. The Bertz CT molecular complexity index is 1320. The molecule has 0 saturated carbocycles. The van der Waals surface area contributed by atoms with Crippen LogP contribution >= 0.6 is 11.6 Å². The van der Waals surface area contributed by atoms with Gasteiger partial charge in [-0.3, -0.25) is 14.9 Å². The lowest BCUT2D eigenvalue weighted by Crippen LogP contribution is -2.17. The number of hydrogen-bond acceptors (Lipinski definition) is 7. The third-order valence-electron chi connectivity index (χ3n) is 4.57. The molecule has 0 fully saturated rings. The Balaban J connectivity index is 1.36. The lowest BCUT2D eigenvalue weighted by atomic mass is 10.1. The van der Waals surface area contributed by atoms with Gasteiger partial charge >= 0.3 is 0 Å². The number of hydrazone groups is 1. The van der Waals surface area contributed by atoms with Crippen LogP contribution in [0.5, 0.6) is 0 Å². The maximum absolute atomic E-state index is 12.3. The maximum atomic E-state index is 12.3. The van der Waals surface area contributed by atoms with E-state index in [4.69, 9.17) is 11.6 Å². The smallest absolute Gasteiger partial charge is 0.267 e. The second-order valence-corrected chi connectivity index (χ2v) is 7.28. The quantitative estimate of drug-likeness (QED) is 0.254. The summed E-state index contributed by atoms with van der Waals surface area (Å²) in [5.74, 6) is 0.113. The summed E-state index contributed by atoms with van der Waals surface area (Å²) in [7, 11) is 0. The summed E-state index contributed by atoms with van der Waals surface area (Å²) in [5.41, 5.74) is 4.75. The van der Waals surface area contributed by atoms with Gasteiger partial charge in [0.15, 0.2) is 0 Å². The van der Waals surface area contributed by atoms with Crippen molar-refractivity contribution in [3.8, 4) is 11.4 Å². The van der Waals surface area contributed by atoms with Crippen LogP contribution in [-0.2, 0) is 6.54 Å². The Morgan fingerprint density at radius 1 is 1.12 bits per heavy atom. The Morgan fingerprint density at radius 3 is 2.61 bits per heavy atom. The van der Waals surface area contributed by atoms with Crippen LogP contribution in [-0.4, -0.2) is 37.3 Å². The van der Waals surface area contributed by atoms with Crippen LogP contribution in [0.1, 0.15) is 21.5 Å². The number of nitro benzene ring substituents is 1. The van der Waals surface area contributed by atoms with Gasteiger partial charge in [0.1, 0.15) is 5.02 Å².